The molecule has 0 N–H and O–H groups in total. The van der Waals surface area contributed by atoms with E-state index < -0.39 is 0 Å². The average molecular weight is 211 g/mol. The van der Waals surface area contributed by atoms with Crippen LogP contribution in [0.5, 0.6) is 0 Å². The summed E-state index contributed by atoms with van der Waals surface area (Å²) < 4.78 is 4.71. The van der Waals surface area contributed by atoms with Crippen molar-refractivity contribution in [3.05, 3.63) is 10.4 Å². The Labute approximate surface area is 90.4 Å². The van der Waals surface area contributed by atoms with Crippen molar-refractivity contribution in [2.24, 2.45) is 5.11 Å². The molecule has 0 atom stereocenters. The van der Waals surface area contributed by atoms with Crippen LogP contribution in [0.1, 0.15) is 33.1 Å². The normalized spacial score (nSPS) is 7.53. The number of rotatable bonds is 6. The van der Waals surface area contributed by atoms with E-state index in [2.05, 4.69) is 22.4 Å². The van der Waals surface area contributed by atoms with Gasteiger partial charge in [0.15, 0.2) is 0 Å². The molecule has 0 aliphatic heterocycles. The molecule has 0 fully saturated rings. The summed E-state index contributed by atoms with van der Waals surface area (Å²) in [5.74, 6) is 2.07. The average Bonchev–Trinajstić information content (AvgIpc) is 2.19. The zero-order valence-electron chi connectivity index (χ0n) is 9.27. The number of terminal acetylenes is 1. The number of nitrogens with zero attached hydrogens (tertiary/aromatic N) is 3. The maximum absolute atomic E-state index is 10.8. The zero-order chi connectivity index (χ0) is 11.9. The predicted molar refractivity (Wildman–Crippen MR) is 59.0 cm³/mol. The molecular formula is C10H17N3O2. The highest BCUT2D eigenvalue weighted by atomic mass is 16.5. The SMILES string of the molecule is C#CC.CCOC(=O)CCCCN=[N+]=[N-]. The molecule has 5 nitrogen and oxygen atoms in total. The van der Waals surface area contributed by atoms with E-state index in [0.29, 0.717) is 19.6 Å². The second-order valence-corrected chi connectivity index (χ2v) is 2.51. The summed E-state index contributed by atoms with van der Waals surface area (Å²) in [5, 5.41) is 3.34. The Kier molecular flexibility index (Phi) is 15.6. The lowest BCUT2D eigenvalue weighted by atomic mass is 10.2. The highest BCUT2D eigenvalue weighted by Crippen LogP contribution is 1.97. The molecule has 0 rings (SSSR count). The largest absolute Gasteiger partial charge is 0.466 e. The van der Waals surface area contributed by atoms with Gasteiger partial charge < -0.3 is 4.74 Å². The minimum Gasteiger partial charge on any atom is -0.466 e. The van der Waals surface area contributed by atoms with Crippen LogP contribution in [0.15, 0.2) is 5.11 Å². The van der Waals surface area contributed by atoms with Crippen LogP contribution in [0, 0.1) is 12.3 Å². The molecule has 0 heterocycles. The lowest BCUT2D eigenvalue weighted by molar-refractivity contribution is -0.143. The summed E-state index contributed by atoms with van der Waals surface area (Å²) in [7, 11) is 0. The summed E-state index contributed by atoms with van der Waals surface area (Å²) in [5.41, 5.74) is 7.93. The van der Waals surface area contributed by atoms with Crippen LogP contribution in [0.2, 0.25) is 0 Å². The zero-order valence-corrected chi connectivity index (χ0v) is 9.27. The molecule has 0 spiro atoms. The van der Waals surface area contributed by atoms with Crippen LogP contribution < -0.4 is 0 Å². The third kappa shape index (κ3) is 19.0. The molecule has 0 saturated heterocycles. The van der Waals surface area contributed by atoms with Gasteiger partial charge in [-0.25, -0.2) is 0 Å². The molecule has 5 heteroatoms. The third-order valence-corrected chi connectivity index (χ3v) is 1.26. The number of ether oxygens (including phenoxy) is 1. The molecule has 84 valence electrons. The first-order valence-corrected chi connectivity index (χ1v) is 4.76. The van der Waals surface area contributed by atoms with E-state index in [1.54, 1.807) is 13.8 Å². The second kappa shape index (κ2) is 14.8. The Morgan fingerprint density at radius 2 is 2.20 bits per heavy atom. The van der Waals surface area contributed by atoms with Gasteiger partial charge in [0.25, 0.3) is 0 Å². The molecule has 0 unspecified atom stereocenters. The Hall–Kier alpha value is -1.66. The fourth-order valence-electron chi connectivity index (χ4n) is 0.730. The highest BCUT2D eigenvalue weighted by Gasteiger charge is 1.99. The molecule has 0 aromatic heterocycles. The number of esters is 1. The van der Waals surface area contributed by atoms with Crippen LogP contribution in [-0.2, 0) is 9.53 Å². The van der Waals surface area contributed by atoms with Gasteiger partial charge in [-0.3, -0.25) is 4.79 Å². The third-order valence-electron chi connectivity index (χ3n) is 1.26. The Bertz CT molecular complexity index is 240. The topological polar surface area (TPSA) is 75.1 Å². The van der Waals surface area contributed by atoms with Crippen LogP contribution in [-0.4, -0.2) is 19.1 Å². The number of carbonyl (C=O) groups excluding carboxylic acids is 1. The summed E-state index contributed by atoms with van der Waals surface area (Å²) >= 11 is 0. The molecule has 0 aliphatic carbocycles. The Morgan fingerprint density at radius 3 is 2.67 bits per heavy atom. The minimum atomic E-state index is -0.182. The van der Waals surface area contributed by atoms with Crippen molar-refractivity contribution in [1.29, 1.82) is 0 Å². The van der Waals surface area contributed by atoms with Gasteiger partial charge in [-0.1, -0.05) is 5.11 Å². The smallest absolute Gasteiger partial charge is 0.305 e. The van der Waals surface area contributed by atoms with E-state index in [1.165, 1.54) is 0 Å². The predicted octanol–water partition coefficient (Wildman–Crippen LogP) is 2.67. The molecule has 0 aromatic carbocycles. The van der Waals surface area contributed by atoms with Crippen LogP contribution in [0.3, 0.4) is 0 Å². The van der Waals surface area contributed by atoms with Gasteiger partial charge in [0.1, 0.15) is 0 Å². The van der Waals surface area contributed by atoms with Crippen molar-refractivity contribution in [1.82, 2.24) is 0 Å². The standard InChI is InChI=1S/C7H13N3O2.C3H4/c1-2-12-7(11)5-3-4-6-9-10-8;1-3-2/h2-6H2,1H3;1H,2H3. The van der Waals surface area contributed by atoms with E-state index in [0.717, 1.165) is 12.8 Å². The second-order valence-electron chi connectivity index (χ2n) is 2.51. The lowest BCUT2D eigenvalue weighted by Gasteiger charge is -1.99. The van der Waals surface area contributed by atoms with Gasteiger partial charge >= 0.3 is 5.97 Å². The van der Waals surface area contributed by atoms with Gasteiger partial charge in [-0.15, -0.1) is 12.3 Å². The van der Waals surface area contributed by atoms with Gasteiger partial charge in [0, 0.05) is 17.9 Å². The van der Waals surface area contributed by atoms with Gasteiger partial charge in [-0.05, 0) is 32.2 Å². The van der Waals surface area contributed by atoms with Crippen molar-refractivity contribution in [3.8, 4) is 12.3 Å². The van der Waals surface area contributed by atoms with Crippen molar-refractivity contribution in [3.63, 3.8) is 0 Å². The van der Waals surface area contributed by atoms with Crippen molar-refractivity contribution >= 4 is 5.97 Å². The molecule has 0 aromatic rings. The van der Waals surface area contributed by atoms with E-state index in [4.69, 9.17) is 10.3 Å². The molecule has 15 heavy (non-hydrogen) atoms. The molecular weight excluding hydrogens is 194 g/mol. The first-order valence-electron chi connectivity index (χ1n) is 4.76. The number of hydrogen-bond donors (Lipinski definition) is 0. The van der Waals surface area contributed by atoms with Crippen molar-refractivity contribution in [2.75, 3.05) is 13.2 Å². The minimum absolute atomic E-state index is 0.182. The lowest BCUT2D eigenvalue weighted by Crippen LogP contribution is -2.03. The van der Waals surface area contributed by atoms with Crippen LogP contribution in [0.25, 0.3) is 10.4 Å². The summed E-state index contributed by atoms with van der Waals surface area (Å²) in [6, 6.07) is 0. The number of azide groups is 1. The molecule has 0 aliphatic rings. The summed E-state index contributed by atoms with van der Waals surface area (Å²) in [6.07, 6.45) is 6.47. The quantitative estimate of drug-likeness (QED) is 0.169. The summed E-state index contributed by atoms with van der Waals surface area (Å²) in [4.78, 5) is 13.3. The van der Waals surface area contributed by atoms with Gasteiger partial charge in [0.05, 0.1) is 6.61 Å². The van der Waals surface area contributed by atoms with E-state index >= 15 is 0 Å². The Morgan fingerprint density at radius 1 is 1.60 bits per heavy atom. The van der Waals surface area contributed by atoms with E-state index in [1.807, 2.05) is 0 Å². The van der Waals surface area contributed by atoms with E-state index in [9.17, 15) is 4.79 Å². The molecule has 0 saturated carbocycles. The van der Waals surface area contributed by atoms with Crippen molar-refractivity contribution < 1.29 is 9.53 Å². The van der Waals surface area contributed by atoms with Gasteiger partial charge in [-0.2, -0.15) is 0 Å². The molecule has 0 amide bonds. The summed E-state index contributed by atoms with van der Waals surface area (Å²) in [6.45, 7) is 4.31. The fraction of sp³-hybridized carbons (Fsp3) is 0.700. The Balaban J connectivity index is 0. The number of hydrogen-bond acceptors (Lipinski definition) is 3. The number of unbranched alkanes of at least 4 members (excludes halogenated alkanes) is 1. The molecule has 0 radical (unpaired) electrons. The highest BCUT2D eigenvalue weighted by molar-refractivity contribution is 5.69. The van der Waals surface area contributed by atoms with E-state index in [-0.39, 0.29) is 5.97 Å². The van der Waals surface area contributed by atoms with Crippen LogP contribution in [0.4, 0.5) is 0 Å². The monoisotopic (exact) mass is 211 g/mol. The fourth-order valence-corrected chi connectivity index (χ4v) is 0.730. The first-order chi connectivity index (χ1) is 7.22. The molecule has 0 bridgehead atoms. The van der Waals surface area contributed by atoms with Gasteiger partial charge in [0.2, 0.25) is 0 Å². The van der Waals surface area contributed by atoms with Crippen LogP contribution >= 0.6 is 0 Å². The number of carbonyl (C=O) groups is 1. The maximum atomic E-state index is 10.8. The maximum Gasteiger partial charge on any atom is 0.305 e. The van der Waals surface area contributed by atoms with Crippen molar-refractivity contribution in [2.45, 2.75) is 33.1 Å². The first kappa shape index (κ1) is 15.8.